The number of carboxylic acids is 2. The minimum atomic E-state index is -2.10. The van der Waals surface area contributed by atoms with E-state index in [4.69, 9.17) is 26.4 Å². The average molecular weight is 2100 g/mol. The first-order valence-corrected chi connectivity index (χ1v) is 51.7. The topological polar surface area (TPSA) is 685 Å². The van der Waals surface area contributed by atoms with E-state index in [1.807, 2.05) is 0 Å². The summed E-state index contributed by atoms with van der Waals surface area (Å²) in [6, 6.07) is 7.95. The Morgan fingerprint density at radius 3 is 1.45 bits per heavy atom. The van der Waals surface area contributed by atoms with Crippen LogP contribution in [0.3, 0.4) is 0 Å². The number of H-pyrrole nitrogens is 2. The number of amides is 17. The van der Waals surface area contributed by atoms with Crippen LogP contribution in [-0.4, -0.2) is 336 Å². The lowest BCUT2D eigenvalue weighted by molar-refractivity contribution is -0.143. The molecule has 794 valence electrons. The zero-order valence-electron chi connectivity index (χ0n) is 82.8. The summed E-state index contributed by atoms with van der Waals surface area (Å²) in [7, 11) is 1.48. The molecule has 11 rings (SSSR count). The summed E-state index contributed by atoms with van der Waals surface area (Å²) < 4.78 is 0. The standard InChI is InChI=1S/C98H126N24O23S3/c1-52(2)84-96(143)111-72(34-83(132)133)89(136)103-37-77(125)108-70(32-56-35-101-67-24-10-8-22-65(56)67)91(138)116-85(53(3)4)98(145)122-31-15-26-76(122)95(142)112-73(87(100)134)46-146-49-79(127)119-38-58-16-12-18-60(105-58)40-120-41-61-20-14-21-63(107-61)43-121(42-62-19-13-17-59(39-119)106-62)81(129)51-148-48-75(113-88(135)54(5)104-78(126)45-118(7)44-64(124)29-30-99)94(141)117-86(55(6)123)97(144)109-69(27-28-82(130)131)90(137)114-74(47-147-50-80(120)128)93(140)110-71(92(139)115-84)33-57-36-102-68-25-11-9-23-66(57)68/h8-14,16-25,35-36,52-55,69-76,84-86,101-102,123H,15,26-34,37-51,99H2,1-7H3,(H2,100,134)(H,103,136)(H,104,126)(H,108,125)(H,109,144)(H,110,140)(H,111,143)(H,112,142)(H,113,135)(H,114,137)(H,115,139)(H,116,138)(H,117,141)(H,130,131)(H,132,133)/t54-,55+,69-,70-,71-,72-,73-,74-,75-,76-,84-,85-,86-/m0/s1. The summed E-state index contributed by atoms with van der Waals surface area (Å²) in [5, 5.41) is 63.7. The van der Waals surface area contributed by atoms with Gasteiger partial charge in [0, 0.05) is 83.7 Å². The molecule has 148 heavy (non-hydrogen) atoms. The highest BCUT2D eigenvalue weighted by molar-refractivity contribution is 8.00. The minimum absolute atomic E-state index is 0.00542. The van der Waals surface area contributed by atoms with Crippen molar-refractivity contribution in [3.63, 3.8) is 0 Å². The van der Waals surface area contributed by atoms with Crippen molar-refractivity contribution in [1.29, 1.82) is 0 Å². The van der Waals surface area contributed by atoms with E-state index in [0.717, 1.165) is 42.2 Å². The molecule has 1 saturated heterocycles. The van der Waals surface area contributed by atoms with Crippen LogP contribution in [-0.2, 0) is 148 Å². The number of para-hydroxylation sites is 2. The first-order chi connectivity index (χ1) is 70.5. The highest BCUT2D eigenvalue weighted by Crippen LogP contribution is 2.27. The van der Waals surface area contributed by atoms with Gasteiger partial charge in [-0.25, -0.2) is 0 Å². The number of fused-ring (bicyclic) bond motifs is 11. The van der Waals surface area contributed by atoms with Crippen molar-refractivity contribution in [1.82, 2.24) is 113 Å². The molecule has 4 aliphatic heterocycles. The first-order valence-electron chi connectivity index (χ1n) is 48.3. The minimum Gasteiger partial charge on any atom is -0.481 e. The molecule has 0 aliphatic carbocycles. The predicted octanol–water partition coefficient (Wildman–Crippen LogP) is -2.73. The number of nitrogens with zero attached hydrogens (tertiary/aromatic N) is 8. The summed E-state index contributed by atoms with van der Waals surface area (Å²) in [5.74, 6) is -24.6. The Hall–Kier alpha value is -14.5. The van der Waals surface area contributed by atoms with Gasteiger partial charge in [0.05, 0.1) is 123 Å². The Labute approximate surface area is 864 Å². The molecule has 2 aromatic carbocycles. The number of aliphatic hydroxyl groups is 1. The number of hydrogen-bond donors (Lipinski definition) is 19. The van der Waals surface area contributed by atoms with Crippen molar-refractivity contribution in [2.75, 3.05) is 74.3 Å². The number of carbonyl (C=O) groups is 20. The van der Waals surface area contributed by atoms with Crippen molar-refractivity contribution in [2.24, 2.45) is 23.3 Å². The summed E-state index contributed by atoms with van der Waals surface area (Å²) >= 11 is 2.46. The van der Waals surface area contributed by atoms with E-state index >= 15 is 43.2 Å². The largest absolute Gasteiger partial charge is 0.481 e. The van der Waals surface area contributed by atoms with E-state index < -0.39 is 258 Å². The quantitative estimate of drug-likeness (QED) is 0.0328. The van der Waals surface area contributed by atoms with Crippen molar-refractivity contribution < 1.29 is 111 Å². The average Bonchev–Trinajstić information content (AvgIpc) is 1.48. The number of rotatable bonds is 22. The number of carboxylic acid groups (broad SMARTS) is 2. The van der Waals surface area contributed by atoms with Gasteiger partial charge in [-0.2, -0.15) is 0 Å². The Morgan fingerprint density at radius 2 is 0.959 bits per heavy atom. The number of aliphatic hydroxyl groups excluding tert-OH is 1. The van der Waals surface area contributed by atoms with Crippen LogP contribution in [0.5, 0.6) is 0 Å². The molecule has 17 amide bonds. The molecular weight excluding hydrogens is 1980 g/mol. The van der Waals surface area contributed by atoms with E-state index in [1.165, 1.54) is 58.5 Å². The van der Waals surface area contributed by atoms with Crippen molar-refractivity contribution >= 4 is 175 Å². The van der Waals surface area contributed by atoms with Crippen LogP contribution in [0.15, 0.2) is 116 Å². The summed E-state index contributed by atoms with van der Waals surface area (Å²) in [6.45, 7) is 5.43. The molecule has 13 atom stereocenters. The van der Waals surface area contributed by atoms with E-state index in [9.17, 15) is 68.1 Å². The Morgan fingerprint density at radius 1 is 0.493 bits per heavy atom. The third-order valence-corrected chi connectivity index (χ3v) is 27.9. The number of aliphatic carboxylic acids is 2. The predicted molar refractivity (Wildman–Crippen MR) is 542 cm³/mol. The normalized spacial score (nSPS) is 22.7. The van der Waals surface area contributed by atoms with E-state index in [-0.39, 0.29) is 143 Å². The number of nitrogens with one attached hydrogen (secondary N) is 14. The summed E-state index contributed by atoms with van der Waals surface area (Å²) in [5.41, 5.74) is 15.2. The number of aromatic nitrogens is 5. The van der Waals surface area contributed by atoms with E-state index in [2.05, 4.69) is 73.8 Å². The molecular formula is C98H126N24O23S3. The van der Waals surface area contributed by atoms with Gasteiger partial charge in [0.15, 0.2) is 0 Å². The molecule has 50 heteroatoms. The molecule has 5 aromatic heterocycles. The number of primary amides is 1. The SMILES string of the molecule is CC(C)[C@@H]1NC(=O)[C@H](Cc2c[nH]c3ccccc23)NC(=O)[C@@H]2CSCC(=O)N3Cc4cccc(n4)CN(Cc4cccc(n4)CN(Cc4cccc(n4)C3)C(=O)CSC[C@H](NC(=O)[C@H](C)NC(=O)CN(C)CC(=O)CCN)C(=O)N[C@@H]([C@@H](C)O)C(=O)N[C@@H](CCC(=O)O)C(=O)N2)C(=O)CSC[C@@H](C(N)=O)NC(=O)[C@@H]2CCCN2C(=O)[C@H](C(C)C)NC(=O)[C@H](Cc2c[nH]c3ccccc23)NC(=O)CNC(=O)[C@H](CC(=O)O)NC1=O. The van der Waals surface area contributed by atoms with Gasteiger partial charge >= 0.3 is 11.9 Å². The van der Waals surface area contributed by atoms with Crippen LogP contribution in [0.25, 0.3) is 21.8 Å². The van der Waals surface area contributed by atoms with Gasteiger partial charge in [-0.05, 0) is 118 Å². The van der Waals surface area contributed by atoms with Crippen LogP contribution in [0, 0.1) is 11.8 Å². The number of thioether (sulfide) groups is 3. The third kappa shape index (κ3) is 33.0. The highest BCUT2D eigenvalue weighted by atomic mass is 32.2. The number of hydrogen-bond acceptors (Lipinski definition) is 29. The van der Waals surface area contributed by atoms with E-state index in [0.29, 0.717) is 32.9 Å². The molecule has 0 saturated carbocycles. The number of carbonyl (C=O) groups excluding carboxylic acids is 18. The van der Waals surface area contributed by atoms with Gasteiger partial charge in [-0.1, -0.05) is 82.3 Å². The van der Waals surface area contributed by atoms with Gasteiger partial charge in [0.1, 0.15) is 78.3 Å². The maximum atomic E-state index is 15.9. The van der Waals surface area contributed by atoms with Crippen LogP contribution >= 0.6 is 35.3 Å². The van der Waals surface area contributed by atoms with Gasteiger partial charge in [-0.3, -0.25) is 116 Å². The van der Waals surface area contributed by atoms with Gasteiger partial charge in [0.2, 0.25) is 100 Å². The maximum absolute atomic E-state index is 15.9. The summed E-state index contributed by atoms with van der Waals surface area (Å²) in [6.07, 6.45) is -1.85. The van der Waals surface area contributed by atoms with Crippen LogP contribution < -0.4 is 75.3 Å². The van der Waals surface area contributed by atoms with Crippen LogP contribution in [0.1, 0.15) is 125 Å². The number of likely N-dealkylation sites (N-methyl/N-ethyl adjacent to an activating group) is 1. The fourth-order valence-electron chi connectivity index (χ4n) is 17.1. The number of aromatic amines is 2. The lowest BCUT2D eigenvalue weighted by atomic mass is 9.99. The molecule has 9 heterocycles. The zero-order valence-corrected chi connectivity index (χ0v) is 85.2. The second-order valence-electron chi connectivity index (χ2n) is 37.3. The smallest absolute Gasteiger partial charge is 0.305 e. The van der Waals surface area contributed by atoms with Crippen LogP contribution in [0.2, 0.25) is 0 Å². The van der Waals surface area contributed by atoms with Gasteiger partial charge in [-0.15, -0.1) is 35.3 Å². The monoisotopic (exact) mass is 2100 g/mol. The molecule has 0 spiro atoms. The zero-order chi connectivity index (χ0) is 107. The van der Waals surface area contributed by atoms with E-state index in [1.54, 1.807) is 123 Å². The molecule has 47 nitrogen and oxygen atoms in total. The van der Waals surface area contributed by atoms with Crippen molar-refractivity contribution in [2.45, 2.75) is 211 Å². The number of benzene rings is 2. The van der Waals surface area contributed by atoms with Crippen LogP contribution in [0.4, 0.5) is 0 Å². The highest BCUT2D eigenvalue weighted by Gasteiger charge is 2.44. The fraction of sp³-hybridized carbons (Fsp3) is 0.480. The maximum Gasteiger partial charge on any atom is 0.305 e. The number of nitrogens with two attached hydrogens (primary N) is 2. The number of pyridine rings is 3. The first kappa shape index (κ1) is 114. The molecule has 1 fully saturated rings. The molecule has 10 bridgehead atoms. The molecule has 7 aromatic rings. The van der Waals surface area contributed by atoms with Crippen molar-refractivity contribution in [3.05, 3.63) is 161 Å². The second kappa shape index (κ2) is 54.3. The lowest BCUT2D eigenvalue weighted by Crippen LogP contribution is -2.62. The second-order valence-corrected chi connectivity index (χ2v) is 40.4. The Balaban J connectivity index is 1.02. The number of ketones is 1. The lowest BCUT2D eigenvalue weighted by Gasteiger charge is -2.32. The Bertz CT molecular complexity index is 6060. The Kier molecular flexibility index (Phi) is 41.7. The number of Topliss-reactive ketones (excluding diaryl/α,β-unsaturated/α-hetero) is 1. The third-order valence-electron chi connectivity index (χ3n) is 24.9. The van der Waals surface area contributed by atoms with Gasteiger partial charge < -0.3 is 120 Å². The van der Waals surface area contributed by atoms with Crippen molar-refractivity contribution in [3.8, 4) is 0 Å². The fourth-order valence-corrected chi connectivity index (χ4v) is 19.9. The van der Waals surface area contributed by atoms with Gasteiger partial charge in [0.25, 0.3) is 0 Å². The summed E-state index contributed by atoms with van der Waals surface area (Å²) in [4.78, 5) is 319. The molecule has 0 unspecified atom stereocenters. The molecule has 4 aliphatic rings. The molecule has 21 N–H and O–H groups in total. The molecule has 0 radical (unpaired) electrons.